The van der Waals surface area contributed by atoms with Gasteiger partial charge in [0.05, 0.1) is 36.5 Å². The van der Waals surface area contributed by atoms with E-state index in [4.69, 9.17) is 25.4 Å². The van der Waals surface area contributed by atoms with Gasteiger partial charge in [0.2, 0.25) is 0 Å². The molecule has 0 saturated heterocycles. The Labute approximate surface area is 133 Å². The summed E-state index contributed by atoms with van der Waals surface area (Å²) in [5.74, 6) is -1.86. The maximum Gasteiger partial charge on any atom is 0.338 e. The monoisotopic (exact) mass is 321 g/mol. The molecule has 124 valence electrons. The molecule has 0 fully saturated rings. The molecule has 0 amide bonds. The molecule has 1 aliphatic heterocycles. The molecule has 1 aromatic heterocycles. The minimum Gasteiger partial charge on any atom is -0.468 e. The molecule has 8 nitrogen and oxygen atoms in total. The second-order valence-corrected chi connectivity index (χ2v) is 4.67. The molecule has 1 aromatic rings. The van der Waals surface area contributed by atoms with Crippen LogP contribution in [0.4, 0.5) is 0 Å². The number of furan rings is 1. The van der Waals surface area contributed by atoms with Gasteiger partial charge in [-0.25, -0.2) is 9.59 Å². The van der Waals surface area contributed by atoms with E-state index in [1.165, 1.54) is 6.26 Å². The second-order valence-electron chi connectivity index (χ2n) is 4.67. The highest BCUT2D eigenvalue weighted by molar-refractivity contribution is 5.99. The molecule has 0 bridgehead atoms. The zero-order chi connectivity index (χ0) is 17.0. The number of rotatable bonds is 5. The van der Waals surface area contributed by atoms with E-state index in [1.54, 1.807) is 26.0 Å². The molecule has 0 atom stereocenters. The highest BCUT2D eigenvalue weighted by Gasteiger charge is 2.40. The summed E-state index contributed by atoms with van der Waals surface area (Å²) in [6.07, 6.45) is 1.43. The van der Waals surface area contributed by atoms with Crippen LogP contribution in [-0.2, 0) is 19.1 Å². The third kappa shape index (κ3) is 3.15. The Bertz CT molecular complexity index is 621. The van der Waals surface area contributed by atoms with E-state index >= 15 is 0 Å². The normalized spacial score (nSPS) is 15.4. The van der Waals surface area contributed by atoms with Crippen molar-refractivity contribution in [2.24, 2.45) is 11.5 Å². The van der Waals surface area contributed by atoms with E-state index in [0.29, 0.717) is 5.76 Å². The van der Waals surface area contributed by atoms with Gasteiger partial charge in [-0.3, -0.25) is 0 Å². The maximum absolute atomic E-state index is 12.3. The zero-order valence-electron chi connectivity index (χ0n) is 12.9. The van der Waals surface area contributed by atoms with Crippen LogP contribution in [0.5, 0.6) is 0 Å². The fourth-order valence-corrected chi connectivity index (χ4v) is 2.35. The second kappa shape index (κ2) is 6.91. The number of hydrogen-bond donors (Lipinski definition) is 3. The van der Waals surface area contributed by atoms with Crippen LogP contribution >= 0.6 is 0 Å². The molecule has 2 heterocycles. The number of nitrogens with two attached hydrogens (primary N) is 2. The molecule has 23 heavy (non-hydrogen) atoms. The van der Waals surface area contributed by atoms with Crippen LogP contribution in [0.1, 0.15) is 25.5 Å². The van der Waals surface area contributed by atoms with Gasteiger partial charge in [-0.15, -0.1) is 0 Å². The summed E-state index contributed by atoms with van der Waals surface area (Å²) >= 11 is 0. The zero-order valence-corrected chi connectivity index (χ0v) is 12.9. The van der Waals surface area contributed by atoms with E-state index in [1.807, 2.05) is 0 Å². The fraction of sp³-hybridized carbons (Fsp3) is 0.333. The third-order valence-electron chi connectivity index (χ3n) is 3.25. The maximum atomic E-state index is 12.3. The van der Waals surface area contributed by atoms with Gasteiger partial charge in [-0.05, 0) is 26.0 Å². The fourth-order valence-electron chi connectivity index (χ4n) is 2.35. The molecule has 0 unspecified atom stereocenters. The molecule has 0 spiro atoms. The highest BCUT2D eigenvalue weighted by atomic mass is 16.5. The SMILES string of the molecule is CCOC(=O)C1=C(N)NC(N)=C(C(=O)OCC)C1c1ccco1. The number of ether oxygens (including phenoxy) is 2. The van der Waals surface area contributed by atoms with Gasteiger partial charge < -0.3 is 30.7 Å². The predicted octanol–water partition coefficient (Wildman–Crippen LogP) is 0.433. The first-order valence-electron chi connectivity index (χ1n) is 7.15. The van der Waals surface area contributed by atoms with E-state index in [0.717, 1.165) is 0 Å². The van der Waals surface area contributed by atoms with Crippen LogP contribution in [-0.4, -0.2) is 25.2 Å². The highest BCUT2D eigenvalue weighted by Crippen LogP contribution is 2.37. The van der Waals surface area contributed by atoms with E-state index in [2.05, 4.69) is 5.32 Å². The van der Waals surface area contributed by atoms with Crippen LogP contribution in [0.3, 0.4) is 0 Å². The molecule has 1 aliphatic rings. The molecule has 8 heteroatoms. The van der Waals surface area contributed by atoms with E-state index < -0.39 is 17.9 Å². The molecular weight excluding hydrogens is 302 g/mol. The van der Waals surface area contributed by atoms with Crippen LogP contribution in [0.15, 0.2) is 45.6 Å². The van der Waals surface area contributed by atoms with Crippen LogP contribution in [0.25, 0.3) is 0 Å². The first-order valence-corrected chi connectivity index (χ1v) is 7.15. The summed E-state index contributed by atoms with van der Waals surface area (Å²) in [5.41, 5.74) is 11.9. The number of esters is 2. The van der Waals surface area contributed by atoms with E-state index in [-0.39, 0.29) is 36.0 Å². The van der Waals surface area contributed by atoms with Gasteiger partial charge in [0.1, 0.15) is 17.4 Å². The molecule has 0 aliphatic carbocycles. The lowest BCUT2D eigenvalue weighted by molar-refractivity contribution is -0.139. The average molecular weight is 321 g/mol. The van der Waals surface area contributed by atoms with Crippen molar-refractivity contribution in [2.45, 2.75) is 19.8 Å². The molecule has 2 rings (SSSR count). The number of carbonyl (C=O) groups is 2. The lowest BCUT2D eigenvalue weighted by Gasteiger charge is -2.27. The summed E-state index contributed by atoms with van der Waals surface area (Å²) in [6, 6.07) is 3.25. The quantitative estimate of drug-likeness (QED) is 0.666. The van der Waals surface area contributed by atoms with Gasteiger partial charge in [0, 0.05) is 0 Å². The summed E-state index contributed by atoms with van der Waals surface area (Å²) < 4.78 is 15.4. The topological polar surface area (TPSA) is 130 Å². The first kappa shape index (κ1) is 16.5. The standard InChI is InChI=1S/C15H19N3O5/c1-3-21-14(19)10-9(8-6-5-7-23-8)11(15(20)22-4-2)13(17)18-12(10)16/h5-7,9,18H,3-4,16-17H2,1-2H3. The Kier molecular flexibility index (Phi) is 4.95. The van der Waals surface area contributed by atoms with Crippen LogP contribution < -0.4 is 16.8 Å². The van der Waals surface area contributed by atoms with Crippen molar-refractivity contribution >= 4 is 11.9 Å². The number of dihydropyridines is 1. The number of hydrogen-bond acceptors (Lipinski definition) is 8. The van der Waals surface area contributed by atoms with Crippen molar-refractivity contribution < 1.29 is 23.5 Å². The molecule has 5 N–H and O–H groups in total. The lowest BCUT2D eigenvalue weighted by Crippen LogP contribution is -2.39. The van der Waals surface area contributed by atoms with Crippen LogP contribution in [0, 0.1) is 0 Å². The van der Waals surface area contributed by atoms with Crippen molar-refractivity contribution in [1.29, 1.82) is 0 Å². The molecule has 0 aromatic carbocycles. The largest absolute Gasteiger partial charge is 0.468 e. The van der Waals surface area contributed by atoms with E-state index in [9.17, 15) is 9.59 Å². The van der Waals surface area contributed by atoms with Crippen molar-refractivity contribution in [3.63, 3.8) is 0 Å². The van der Waals surface area contributed by atoms with Gasteiger partial charge in [-0.2, -0.15) is 0 Å². The first-order chi connectivity index (χ1) is 11.0. The summed E-state index contributed by atoms with van der Waals surface area (Å²) in [6.45, 7) is 3.66. The molecule has 0 radical (unpaired) electrons. The van der Waals surface area contributed by atoms with Crippen LogP contribution in [0.2, 0.25) is 0 Å². The third-order valence-corrected chi connectivity index (χ3v) is 3.25. The smallest absolute Gasteiger partial charge is 0.338 e. The molecular formula is C15H19N3O5. The number of nitrogens with one attached hydrogen (secondary N) is 1. The Morgan fingerprint density at radius 1 is 1.13 bits per heavy atom. The van der Waals surface area contributed by atoms with Gasteiger partial charge in [0.15, 0.2) is 0 Å². The minimum atomic E-state index is -0.899. The predicted molar refractivity (Wildman–Crippen MR) is 80.3 cm³/mol. The minimum absolute atomic E-state index is 0.00963. The summed E-state index contributed by atoms with van der Waals surface area (Å²) in [5, 5.41) is 2.62. The lowest BCUT2D eigenvalue weighted by atomic mass is 9.86. The Morgan fingerprint density at radius 3 is 2.04 bits per heavy atom. The Hall–Kier alpha value is -2.90. The number of carbonyl (C=O) groups excluding carboxylic acids is 2. The Morgan fingerprint density at radius 2 is 1.65 bits per heavy atom. The molecule has 0 saturated carbocycles. The summed E-state index contributed by atoms with van der Waals surface area (Å²) in [7, 11) is 0. The van der Waals surface area contributed by atoms with Gasteiger partial charge in [-0.1, -0.05) is 0 Å². The van der Waals surface area contributed by atoms with Gasteiger partial charge in [0.25, 0.3) is 0 Å². The summed E-state index contributed by atoms with van der Waals surface area (Å²) in [4.78, 5) is 24.6. The van der Waals surface area contributed by atoms with Crippen molar-refractivity contribution in [3.8, 4) is 0 Å². The van der Waals surface area contributed by atoms with Crippen molar-refractivity contribution in [2.75, 3.05) is 13.2 Å². The van der Waals surface area contributed by atoms with Gasteiger partial charge >= 0.3 is 11.9 Å². The Balaban J connectivity index is 2.55. The average Bonchev–Trinajstić information content (AvgIpc) is 3.00. The van der Waals surface area contributed by atoms with Crippen molar-refractivity contribution in [1.82, 2.24) is 5.32 Å². The van der Waals surface area contributed by atoms with Crippen molar-refractivity contribution in [3.05, 3.63) is 46.9 Å².